The molecule has 0 aromatic heterocycles. The second-order valence-electron chi connectivity index (χ2n) is 5.17. The van der Waals surface area contributed by atoms with E-state index >= 15 is 0 Å². The maximum Gasteiger partial charge on any atom is 0.255 e. The third-order valence-electron chi connectivity index (χ3n) is 3.64. The van der Waals surface area contributed by atoms with E-state index < -0.39 is 0 Å². The van der Waals surface area contributed by atoms with Gasteiger partial charge in [0.1, 0.15) is 0 Å². The Morgan fingerprint density at radius 2 is 1.39 bits per heavy atom. The lowest BCUT2D eigenvalue weighted by atomic mass is 10.1. The molecule has 0 atom stereocenters. The smallest absolute Gasteiger partial charge is 0.255 e. The lowest BCUT2D eigenvalue weighted by Gasteiger charge is -2.07. The second-order valence-corrected chi connectivity index (χ2v) is 5.17. The number of anilines is 1. The minimum Gasteiger partial charge on any atom is -0.355 e. The normalized spacial score (nSPS) is 10.3. The Labute approximate surface area is 134 Å². The number of fused-ring (bicyclic) bond motifs is 1. The second kappa shape index (κ2) is 6.32. The molecular weight excluding hydrogens is 288 g/mol. The molecule has 0 spiro atoms. The number of carbonyl (C=O) groups excluding carboxylic acids is 2. The molecule has 0 radical (unpaired) electrons. The number of nitrogens with one attached hydrogen (secondary N) is 2. The van der Waals surface area contributed by atoms with Gasteiger partial charge in [-0.15, -0.1) is 0 Å². The Morgan fingerprint density at radius 1 is 0.739 bits per heavy atom. The first-order chi connectivity index (χ1) is 11.2. The summed E-state index contributed by atoms with van der Waals surface area (Å²) in [7, 11) is 1.58. The first-order valence-corrected chi connectivity index (χ1v) is 7.29. The summed E-state index contributed by atoms with van der Waals surface area (Å²) in [6, 6.07) is 20.3. The van der Waals surface area contributed by atoms with Crippen molar-refractivity contribution in [1.82, 2.24) is 5.32 Å². The van der Waals surface area contributed by atoms with Crippen LogP contribution in [0.25, 0.3) is 10.8 Å². The number of hydrogen-bond donors (Lipinski definition) is 2. The van der Waals surface area contributed by atoms with Gasteiger partial charge in [-0.1, -0.05) is 30.3 Å². The predicted octanol–water partition coefficient (Wildman–Crippen LogP) is 3.45. The molecule has 0 aliphatic carbocycles. The van der Waals surface area contributed by atoms with Crippen molar-refractivity contribution >= 4 is 28.3 Å². The quantitative estimate of drug-likeness (QED) is 0.778. The Morgan fingerprint density at radius 3 is 2.09 bits per heavy atom. The summed E-state index contributed by atoms with van der Waals surface area (Å²) in [5.41, 5.74) is 1.80. The zero-order valence-corrected chi connectivity index (χ0v) is 12.7. The highest BCUT2D eigenvalue weighted by molar-refractivity contribution is 6.06. The van der Waals surface area contributed by atoms with Crippen LogP contribution in [0.15, 0.2) is 66.7 Å². The maximum atomic E-state index is 12.3. The molecule has 0 unspecified atom stereocenters. The lowest BCUT2D eigenvalue weighted by Crippen LogP contribution is -2.17. The first-order valence-electron chi connectivity index (χ1n) is 7.29. The third kappa shape index (κ3) is 3.21. The van der Waals surface area contributed by atoms with Crippen LogP contribution in [0.1, 0.15) is 20.7 Å². The summed E-state index contributed by atoms with van der Waals surface area (Å²) < 4.78 is 0. The van der Waals surface area contributed by atoms with Gasteiger partial charge in [-0.05, 0) is 47.2 Å². The predicted molar refractivity (Wildman–Crippen MR) is 91.7 cm³/mol. The summed E-state index contributed by atoms with van der Waals surface area (Å²) in [6.07, 6.45) is 0. The van der Waals surface area contributed by atoms with Gasteiger partial charge < -0.3 is 10.6 Å². The lowest BCUT2D eigenvalue weighted by molar-refractivity contribution is 0.0962. The minimum absolute atomic E-state index is 0.155. The molecule has 3 aromatic rings. The SMILES string of the molecule is CNC(=O)c1ccc(NC(=O)c2ccc3ccccc3c2)cc1. The van der Waals surface area contributed by atoms with Crippen molar-refractivity contribution in [2.75, 3.05) is 12.4 Å². The van der Waals surface area contributed by atoms with Gasteiger partial charge in [0.2, 0.25) is 0 Å². The van der Waals surface area contributed by atoms with Crippen molar-refractivity contribution in [3.63, 3.8) is 0 Å². The highest BCUT2D eigenvalue weighted by Gasteiger charge is 2.08. The van der Waals surface area contributed by atoms with Gasteiger partial charge in [-0.3, -0.25) is 9.59 Å². The molecule has 0 heterocycles. The topological polar surface area (TPSA) is 58.2 Å². The van der Waals surface area contributed by atoms with Gasteiger partial charge in [-0.2, -0.15) is 0 Å². The van der Waals surface area contributed by atoms with Crippen LogP contribution in [0, 0.1) is 0 Å². The van der Waals surface area contributed by atoms with Crippen molar-refractivity contribution < 1.29 is 9.59 Å². The summed E-state index contributed by atoms with van der Waals surface area (Å²) >= 11 is 0. The van der Waals surface area contributed by atoms with Crippen LogP contribution in [0.3, 0.4) is 0 Å². The Bertz CT molecular complexity index is 870. The Hall–Kier alpha value is -3.14. The third-order valence-corrected chi connectivity index (χ3v) is 3.64. The van der Waals surface area contributed by atoms with Crippen molar-refractivity contribution in [3.05, 3.63) is 77.9 Å². The van der Waals surface area contributed by atoms with E-state index in [1.807, 2.05) is 36.4 Å². The van der Waals surface area contributed by atoms with Crippen LogP contribution in [-0.4, -0.2) is 18.9 Å². The molecule has 0 bridgehead atoms. The average Bonchev–Trinajstić information content (AvgIpc) is 2.61. The van der Waals surface area contributed by atoms with Crippen molar-refractivity contribution in [2.45, 2.75) is 0 Å². The van der Waals surface area contributed by atoms with Crippen LogP contribution in [0.2, 0.25) is 0 Å². The zero-order chi connectivity index (χ0) is 16.2. The molecule has 3 aromatic carbocycles. The molecule has 0 aliphatic rings. The number of hydrogen-bond acceptors (Lipinski definition) is 2. The van der Waals surface area contributed by atoms with Gasteiger partial charge in [0, 0.05) is 23.9 Å². The average molecular weight is 304 g/mol. The van der Waals surface area contributed by atoms with E-state index in [-0.39, 0.29) is 11.8 Å². The molecular formula is C19H16N2O2. The number of benzene rings is 3. The molecule has 3 rings (SSSR count). The van der Waals surface area contributed by atoms with Gasteiger partial charge in [0.05, 0.1) is 0 Å². The molecule has 114 valence electrons. The molecule has 4 heteroatoms. The van der Waals surface area contributed by atoms with Crippen LogP contribution in [0.4, 0.5) is 5.69 Å². The molecule has 23 heavy (non-hydrogen) atoms. The van der Waals surface area contributed by atoms with Crippen LogP contribution in [-0.2, 0) is 0 Å². The van der Waals surface area contributed by atoms with Crippen molar-refractivity contribution in [3.8, 4) is 0 Å². The monoisotopic (exact) mass is 304 g/mol. The van der Waals surface area contributed by atoms with Crippen LogP contribution in [0.5, 0.6) is 0 Å². The van der Waals surface area contributed by atoms with E-state index in [4.69, 9.17) is 0 Å². The van der Waals surface area contributed by atoms with E-state index in [1.165, 1.54) is 0 Å². The van der Waals surface area contributed by atoms with E-state index in [9.17, 15) is 9.59 Å². The minimum atomic E-state index is -0.177. The summed E-state index contributed by atoms with van der Waals surface area (Å²) in [4.78, 5) is 23.8. The largest absolute Gasteiger partial charge is 0.355 e. The standard InChI is InChI=1S/C19H16N2O2/c1-20-18(22)14-8-10-17(11-9-14)21-19(23)16-7-6-13-4-2-3-5-15(13)12-16/h2-12H,1H3,(H,20,22)(H,21,23). The fourth-order valence-corrected chi connectivity index (χ4v) is 2.38. The first kappa shape index (κ1) is 14.8. The number of rotatable bonds is 3. The van der Waals surface area contributed by atoms with Gasteiger partial charge in [0.15, 0.2) is 0 Å². The molecule has 0 saturated heterocycles. The fraction of sp³-hybridized carbons (Fsp3) is 0.0526. The van der Waals surface area contributed by atoms with E-state index in [1.54, 1.807) is 37.4 Å². The summed E-state index contributed by atoms with van der Waals surface area (Å²) in [6.45, 7) is 0. The molecule has 0 saturated carbocycles. The van der Waals surface area contributed by atoms with Gasteiger partial charge >= 0.3 is 0 Å². The van der Waals surface area contributed by atoms with E-state index in [0.717, 1.165) is 10.8 Å². The van der Waals surface area contributed by atoms with E-state index in [2.05, 4.69) is 10.6 Å². The maximum absolute atomic E-state index is 12.3. The highest BCUT2D eigenvalue weighted by Crippen LogP contribution is 2.17. The number of amides is 2. The molecule has 4 nitrogen and oxygen atoms in total. The molecule has 2 N–H and O–H groups in total. The fourth-order valence-electron chi connectivity index (χ4n) is 2.38. The van der Waals surface area contributed by atoms with Crippen molar-refractivity contribution in [1.29, 1.82) is 0 Å². The molecule has 2 amide bonds. The number of carbonyl (C=O) groups is 2. The van der Waals surface area contributed by atoms with E-state index in [0.29, 0.717) is 16.8 Å². The molecule has 0 aliphatic heterocycles. The zero-order valence-electron chi connectivity index (χ0n) is 12.7. The van der Waals surface area contributed by atoms with Crippen LogP contribution < -0.4 is 10.6 Å². The molecule has 0 fully saturated rings. The van der Waals surface area contributed by atoms with Gasteiger partial charge in [0.25, 0.3) is 11.8 Å². The van der Waals surface area contributed by atoms with Crippen LogP contribution >= 0.6 is 0 Å². The van der Waals surface area contributed by atoms with Crippen molar-refractivity contribution in [2.24, 2.45) is 0 Å². The summed E-state index contributed by atoms with van der Waals surface area (Å²) in [5.74, 6) is -0.333. The highest BCUT2D eigenvalue weighted by atomic mass is 16.2. The van der Waals surface area contributed by atoms with Gasteiger partial charge in [-0.25, -0.2) is 0 Å². The Kier molecular flexibility index (Phi) is 4.06. The Balaban J connectivity index is 1.78. The summed E-state index contributed by atoms with van der Waals surface area (Å²) in [5, 5.41) is 7.51.